The third kappa shape index (κ3) is 9.33. The van der Waals surface area contributed by atoms with Crippen molar-refractivity contribution in [1.29, 1.82) is 0 Å². The number of rotatable bonds is 3. The van der Waals surface area contributed by atoms with Crippen LogP contribution in [0.15, 0.2) is 24.3 Å². The number of hydrogen-bond acceptors (Lipinski definition) is 1. The Labute approximate surface area is 95.5 Å². The van der Waals surface area contributed by atoms with Crippen LogP contribution in [0, 0.1) is 6.92 Å². The van der Waals surface area contributed by atoms with E-state index < -0.39 is 0 Å². The molecule has 0 heterocycles. The smallest absolute Gasteiger partial charge is 0.119 e. The molecule has 0 amide bonds. The largest absolute Gasteiger partial charge is 0.494 e. The van der Waals surface area contributed by atoms with Gasteiger partial charge in [0.05, 0.1) is 6.61 Å². The van der Waals surface area contributed by atoms with Crippen molar-refractivity contribution in [1.82, 2.24) is 0 Å². The monoisotopic (exact) mass is 210 g/mol. The van der Waals surface area contributed by atoms with Crippen molar-refractivity contribution in [2.75, 3.05) is 6.61 Å². The second kappa shape index (κ2) is 11.1. The van der Waals surface area contributed by atoms with Gasteiger partial charge in [-0.05, 0) is 26.0 Å². The summed E-state index contributed by atoms with van der Waals surface area (Å²) < 4.78 is 5.26. The van der Waals surface area contributed by atoms with E-state index in [1.54, 1.807) is 0 Å². The topological polar surface area (TPSA) is 9.23 Å². The van der Waals surface area contributed by atoms with E-state index in [9.17, 15) is 0 Å². The molecule has 0 aliphatic carbocycles. The molecule has 0 spiro atoms. The Hall–Kier alpha value is -0.980. The Balaban J connectivity index is 0. The molecule has 0 bridgehead atoms. The van der Waals surface area contributed by atoms with Gasteiger partial charge in [0.1, 0.15) is 5.75 Å². The van der Waals surface area contributed by atoms with Crippen LogP contribution in [0.5, 0.6) is 5.75 Å². The minimum absolute atomic E-state index is 0. The maximum atomic E-state index is 5.26. The van der Waals surface area contributed by atoms with Gasteiger partial charge in [-0.15, -0.1) is 0 Å². The number of unbranched alkanes of at least 4 members (excludes halogenated alkanes) is 1. The summed E-state index contributed by atoms with van der Waals surface area (Å²) in [5, 5.41) is 0. The lowest BCUT2D eigenvalue weighted by atomic mass is 10.2. The summed E-state index contributed by atoms with van der Waals surface area (Å²) in [5.74, 6) is 0.952. The molecule has 0 saturated heterocycles. The molecule has 1 heteroatoms. The van der Waals surface area contributed by atoms with Gasteiger partial charge in [-0.1, -0.05) is 51.8 Å². The van der Waals surface area contributed by atoms with Crippen LogP contribution in [-0.2, 0) is 0 Å². The first-order valence-corrected chi connectivity index (χ1v) is 5.44. The standard InChI is InChI=1S/C9H12O.C4H10.CH4/c1-3-10-9-6-4-8(2)5-7-9;1-3-4-2;/h4-7H,3H2,1-2H3;3-4H2,1-2H3;1H4. The fraction of sp³-hybridized carbons (Fsp3) is 0.571. The molecule has 1 aromatic rings. The fourth-order valence-electron chi connectivity index (χ4n) is 0.801. The van der Waals surface area contributed by atoms with Crippen LogP contribution in [0.2, 0.25) is 0 Å². The van der Waals surface area contributed by atoms with E-state index in [0.29, 0.717) is 0 Å². The third-order valence-corrected chi connectivity index (χ3v) is 1.83. The minimum Gasteiger partial charge on any atom is -0.494 e. The number of benzene rings is 1. The first-order valence-electron chi connectivity index (χ1n) is 5.44. The molecule has 15 heavy (non-hydrogen) atoms. The molecule has 1 nitrogen and oxygen atoms in total. The quantitative estimate of drug-likeness (QED) is 0.694. The lowest BCUT2D eigenvalue weighted by Gasteiger charge is -2.01. The van der Waals surface area contributed by atoms with Crippen molar-refractivity contribution in [3.63, 3.8) is 0 Å². The lowest BCUT2D eigenvalue weighted by molar-refractivity contribution is 0.340. The van der Waals surface area contributed by atoms with Gasteiger partial charge < -0.3 is 4.74 Å². The maximum Gasteiger partial charge on any atom is 0.119 e. The van der Waals surface area contributed by atoms with Crippen LogP contribution in [-0.4, -0.2) is 6.61 Å². The Kier molecular flexibility index (Phi) is 12.2. The Morgan fingerprint density at radius 1 is 0.933 bits per heavy atom. The van der Waals surface area contributed by atoms with E-state index in [1.807, 2.05) is 31.2 Å². The van der Waals surface area contributed by atoms with Gasteiger partial charge in [0.15, 0.2) is 0 Å². The van der Waals surface area contributed by atoms with Crippen LogP contribution in [0.1, 0.15) is 46.6 Å². The summed E-state index contributed by atoms with van der Waals surface area (Å²) in [6, 6.07) is 8.06. The zero-order chi connectivity index (χ0) is 10.8. The van der Waals surface area contributed by atoms with Gasteiger partial charge >= 0.3 is 0 Å². The molecular formula is C14H26O. The molecular weight excluding hydrogens is 184 g/mol. The van der Waals surface area contributed by atoms with Crippen molar-refractivity contribution in [3.05, 3.63) is 29.8 Å². The average Bonchev–Trinajstić information content (AvgIpc) is 2.22. The lowest BCUT2D eigenvalue weighted by Crippen LogP contribution is -1.90. The van der Waals surface area contributed by atoms with Crippen molar-refractivity contribution in [2.45, 2.75) is 48.0 Å². The van der Waals surface area contributed by atoms with E-state index in [0.717, 1.165) is 12.4 Å². The summed E-state index contributed by atoms with van der Waals surface area (Å²) in [6.07, 6.45) is 2.64. The predicted octanol–water partition coefficient (Wildman–Crippen LogP) is 4.84. The molecule has 88 valence electrons. The average molecular weight is 210 g/mol. The van der Waals surface area contributed by atoms with Crippen LogP contribution in [0.3, 0.4) is 0 Å². The molecule has 0 aliphatic heterocycles. The van der Waals surface area contributed by atoms with Crippen molar-refractivity contribution in [2.24, 2.45) is 0 Å². The van der Waals surface area contributed by atoms with Crippen molar-refractivity contribution < 1.29 is 4.74 Å². The molecule has 0 N–H and O–H groups in total. The van der Waals surface area contributed by atoms with Gasteiger partial charge in [-0.25, -0.2) is 0 Å². The highest BCUT2D eigenvalue weighted by Crippen LogP contribution is 2.10. The van der Waals surface area contributed by atoms with E-state index in [-0.39, 0.29) is 7.43 Å². The van der Waals surface area contributed by atoms with Gasteiger partial charge in [0.25, 0.3) is 0 Å². The second-order valence-corrected chi connectivity index (χ2v) is 3.25. The zero-order valence-corrected chi connectivity index (χ0v) is 9.84. The zero-order valence-electron chi connectivity index (χ0n) is 9.84. The van der Waals surface area contributed by atoms with Crippen molar-refractivity contribution >= 4 is 0 Å². The highest BCUT2D eigenvalue weighted by Gasteiger charge is 1.87. The normalized spacial score (nSPS) is 8.27. The highest BCUT2D eigenvalue weighted by atomic mass is 16.5. The van der Waals surface area contributed by atoms with Gasteiger partial charge in [-0.3, -0.25) is 0 Å². The molecule has 0 unspecified atom stereocenters. The second-order valence-electron chi connectivity index (χ2n) is 3.25. The van der Waals surface area contributed by atoms with E-state index in [4.69, 9.17) is 4.74 Å². The Morgan fingerprint density at radius 3 is 1.73 bits per heavy atom. The molecule has 1 aromatic carbocycles. The number of hydrogen-bond donors (Lipinski definition) is 0. The molecule has 0 saturated carbocycles. The summed E-state index contributed by atoms with van der Waals surface area (Å²) >= 11 is 0. The number of aryl methyl sites for hydroxylation is 1. The summed E-state index contributed by atoms with van der Waals surface area (Å²) in [7, 11) is 0. The van der Waals surface area contributed by atoms with Crippen LogP contribution in [0.4, 0.5) is 0 Å². The van der Waals surface area contributed by atoms with Crippen LogP contribution >= 0.6 is 0 Å². The van der Waals surface area contributed by atoms with Gasteiger partial charge in [-0.2, -0.15) is 0 Å². The highest BCUT2D eigenvalue weighted by molar-refractivity contribution is 5.26. The van der Waals surface area contributed by atoms with E-state index in [1.165, 1.54) is 18.4 Å². The van der Waals surface area contributed by atoms with Crippen LogP contribution < -0.4 is 4.74 Å². The summed E-state index contributed by atoms with van der Waals surface area (Å²) in [6.45, 7) is 9.15. The summed E-state index contributed by atoms with van der Waals surface area (Å²) in [5.41, 5.74) is 1.27. The molecule has 0 aromatic heterocycles. The van der Waals surface area contributed by atoms with E-state index in [2.05, 4.69) is 20.8 Å². The fourth-order valence-corrected chi connectivity index (χ4v) is 0.801. The molecule has 0 radical (unpaired) electrons. The molecule has 0 atom stereocenters. The molecule has 0 fully saturated rings. The number of ether oxygens (including phenoxy) is 1. The third-order valence-electron chi connectivity index (χ3n) is 1.83. The Morgan fingerprint density at radius 2 is 1.40 bits per heavy atom. The van der Waals surface area contributed by atoms with Crippen LogP contribution in [0.25, 0.3) is 0 Å². The van der Waals surface area contributed by atoms with Gasteiger partial charge in [0.2, 0.25) is 0 Å². The van der Waals surface area contributed by atoms with Gasteiger partial charge in [0, 0.05) is 0 Å². The Bertz CT molecular complexity index is 211. The molecule has 0 aliphatic rings. The maximum absolute atomic E-state index is 5.26. The SMILES string of the molecule is C.CCCC.CCOc1ccc(C)cc1. The van der Waals surface area contributed by atoms with E-state index >= 15 is 0 Å². The van der Waals surface area contributed by atoms with Crippen molar-refractivity contribution in [3.8, 4) is 5.75 Å². The first-order chi connectivity index (χ1) is 6.74. The minimum atomic E-state index is 0. The molecule has 1 rings (SSSR count). The summed E-state index contributed by atoms with van der Waals surface area (Å²) in [4.78, 5) is 0. The predicted molar refractivity (Wildman–Crippen MR) is 69.7 cm³/mol. The first kappa shape index (κ1) is 16.4.